The minimum atomic E-state index is -0.501. The molecule has 0 aliphatic carbocycles. The van der Waals surface area contributed by atoms with Crippen molar-refractivity contribution in [2.24, 2.45) is 5.73 Å². The summed E-state index contributed by atoms with van der Waals surface area (Å²) in [6, 6.07) is 13.4. The number of nitrogens with two attached hydrogens (primary N) is 1. The van der Waals surface area contributed by atoms with Crippen molar-refractivity contribution in [1.82, 2.24) is 5.32 Å². The third-order valence-corrected chi connectivity index (χ3v) is 4.40. The number of thioether (sulfide) groups is 1. The van der Waals surface area contributed by atoms with Crippen molar-refractivity contribution in [2.45, 2.75) is 19.4 Å². The quantitative estimate of drug-likeness (QED) is 0.856. The van der Waals surface area contributed by atoms with E-state index in [0.29, 0.717) is 12.3 Å². The van der Waals surface area contributed by atoms with E-state index in [0.717, 1.165) is 28.1 Å². The molecule has 3 N–H and O–H groups in total. The predicted molar refractivity (Wildman–Crippen MR) is 91.8 cm³/mol. The summed E-state index contributed by atoms with van der Waals surface area (Å²) < 4.78 is 0. The zero-order chi connectivity index (χ0) is 15.9. The Labute approximate surface area is 134 Å². The maximum atomic E-state index is 12.1. The molecule has 2 rings (SSSR count). The monoisotopic (exact) mass is 316 g/mol. The Morgan fingerprint density at radius 2 is 1.91 bits per heavy atom. The van der Waals surface area contributed by atoms with E-state index in [9.17, 15) is 9.59 Å². The lowest BCUT2D eigenvalue weighted by Gasteiger charge is -2.13. The van der Waals surface area contributed by atoms with Crippen molar-refractivity contribution in [3.63, 3.8) is 0 Å². The van der Waals surface area contributed by atoms with Gasteiger partial charge in [0.1, 0.15) is 0 Å². The standard InChI is InChI=1S/C17H20N2O2S/c1-12(17(21)22-10-9-18)19-16(20)11-14-7-4-6-13-5-2-3-8-15(13)14/h2-8,12H,9-11,18H2,1H3,(H,19,20)/t12-/m0/s1. The predicted octanol–water partition coefficient (Wildman–Crippen LogP) is 2.11. The highest BCUT2D eigenvalue weighted by Gasteiger charge is 2.16. The van der Waals surface area contributed by atoms with Crippen LogP contribution in [0.3, 0.4) is 0 Å². The maximum absolute atomic E-state index is 12.1. The molecule has 22 heavy (non-hydrogen) atoms. The summed E-state index contributed by atoms with van der Waals surface area (Å²) in [5, 5.41) is 4.87. The highest BCUT2D eigenvalue weighted by atomic mass is 32.2. The van der Waals surface area contributed by atoms with E-state index >= 15 is 0 Å². The Balaban J connectivity index is 2.00. The fourth-order valence-electron chi connectivity index (χ4n) is 2.26. The van der Waals surface area contributed by atoms with Crippen LogP contribution in [-0.2, 0) is 16.0 Å². The zero-order valence-corrected chi connectivity index (χ0v) is 13.4. The van der Waals surface area contributed by atoms with E-state index in [-0.39, 0.29) is 17.4 Å². The number of fused-ring (bicyclic) bond motifs is 1. The lowest BCUT2D eigenvalue weighted by atomic mass is 10.0. The minimum Gasteiger partial charge on any atom is -0.345 e. The Hall–Kier alpha value is -1.85. The smallest absolute Gasteiger partial charge is 0.225 e. The van der Waals surface area contributed by atoms with Crippen molar-refractivity contribution in [1.29, 1.82) is 0 Å². The first-order valence-corrected chi connectivity index (χ1v) is 8.23. The van der Waals surface area contributed by atoms with E-state index < -0.39 is 6.04 Å². The van der Waals surface area contributed by atoms with E-state index in [1.165, 1.54) is 0 Å². The van der Waals surface area contributed by atoms with Gasteiger partial charge in [-0.25, -0.2) is 0 Å². The van der Waals surface area contributed by atoms with Gasteiger partial charge in [-0.05, 0) is 23.3 Å². The van der Waals surface area contributed by atoms with E-state index in [4.69, 9.17) is 5.73 Å². The minimum absolute atomic E-state index is 0.0586. The molecule has 0 spiro atoms. The first-order chi connectivity index (χ1) is 10.6. The lowest BCUT2D eigenvalue weighted by molar-refractivity contribution is -0.123. The topological polar surface area (TPSA) is 72.2 Å². The highest BCUT2D eigenvalue weighted by Crippen LogP contribution is 2.19. The van der Waals surface area contributed by atoms with Gasteiger partial charge in [0, 0.05) is 12.3 Å². The number of hydrogen-bond donors (Lipinski definition) is 2. The van der Waals surface area contributed by atoms with Crippen LogP contribution in [0.5, 0.6) is 0 Å². The third-order valence-electron chi connectivity index (χ3n) is 3.32. The SMILES string of the molecule is C[C@H](NC(=O)Cc1cccc2ccccc12)C(=O)SCCN. The molecule has 1 atom stereocenters. The molecule has 0 fully saturated rings. The fraction of sp³-hybridized carbons (Fsp3) is 0.294. The van der Waals surface area contributed by atoms with Gasteiger partial charge in [0.2, 0.25) is 11.0 Å². The van der Waals surface area contributed by atoms with Crippen LogP contribution in [0.1, 0.15) is 12.5 Å². The summed E-state index contributed by atoms with van der Waals surface area (Å²) in [5.41, 5.74) is 6.34. The van der Waals surface area contributed by atoms with Gasteiger partial charge >= 0.3 is 0 Å². The molecule has 0 bridgehead atoms. The van der Waals surface area contributed by atoms with Crippen LogP contribution >= 0.6 is 11.8 Å². The second-order valence-electron chi connectivity index (χ2n) is 5.06. The third kappa shape index (κ3) is 4.32. The fourth-order valence-corrected chi connectivity index (χ4v) is 2.88. The van der Waals surface area contributed by atoms with Gasteiger partial charge in [-0.3, -0.25) is 9.59 Å². The molecule has 1 amide bonds. The number of hydrogen-bond acceptors (Lipinski definition) is 4. The van der Waals surface area contributed by atoms with Crippen LogP contribution in [0.15, 0.2) is 42.5 Å². The molecule has 0 aliphatic rings. The normalized spacial score (nSPS) is 12.1. The molecule has 116 valence electrons. The van der Waals surface area contributed by atoms with Gasteiger partial charge in [-0.2, -0.15) is 0 Å². The number of nitrogens with one attached hydrogen (secondary N) is 1. The number of carbonyl (C=O) groups excluding carboxylic acids is 2. The van der Waals surface area contributed by atoms with Crippen LogP contribution in [-0.4, -0.2) is 29.4 Å². The second kappa shape index (κ2) is 7.96. The molecule has 0 aliphatic heterocycles. The van der Waals surface area contributed by atoms with Crippen LogP contribution in [0.4, 0.5) is 0 Å². The van der Waals surface area contributed by atoms with Gasteiger partial charge in [0.05, 0.1) is 12.5 Å². The lowest BCUT2D eigenvalue weighted by Crippen LogP contribution is -2.38. The van der Waals surface area contributed by atoms with Crippen molar-refractivity contribution in [2.75, 3.05) is 12.3 Å². The molecule has 4 nitrogen and oxygen atoms in total. The average Bonchev–Trinajstić information content (AvgIpc) is 2.52. The number of amides is 1. The molecule has 0 unspecified atom stereocenters. The van der Waals surface area contributed by atoms with Crippen LogP contribution < -0.4 is 11.1 Å². The van der Waals surface area contributed by atoms with E-state index in [2.05, 4.69) is 5.32 Å². The van der Waals surface area contributed by atoms with Crippen molar-refractivity contribution in [3.8, 4) is 0 Å². The van der Waals surface area contributed by atoms with E-state index in [1.807, 2.05) is 42.5 Å². The Kier molecular flexibility index (Phi) is 5.98. The van der Waals surface area contributed by atoms with E-state index in [1.54, 1.807) is 6.92 Å². The van der Waals surface area contributed by atoms with Crippen LogP contribution in [0, 0.1) is 0 Å². The first-order valence-electron chi connectivity index (χ1n) is 7.24. The van der Waals surface area contributed by atoms with Gasteiger partial charge in [-0.15, -0.1) is 0 Å². The summed E-state index contributed by atoms with van der Waals surface area (Å²) in [6.45, 7) is 2.15. The van der Waals surface area contributed by atoms with Gasteiger partial charge < -0.3 is 11.1 Å². The summed E-state index contributed by atoms with van der Waals surface area (Å²) in [7, 11) is 0. The van der Waals surface area contributed by atoms with Crippen molar-refractivity contribution >= 4 is 33.6 Å². The number of carbonyl (C=O) groups is 2. The second-order valence-corrected chi connectivity index (χ2v) is 6.16. The first kappa shape index (κ1) is 16.5. The Morgan fingerprint density at radius 1 is 1.18 bits per heavy atom. The van der Waals surface area contributed by atoms with Gasteiger partial charge in [0.25, 0.3) is 0 Å². The summed E-state index contributed by atoms with van der Waals surface area (Å²) >= 11 is 1.16. The molecule has 0 aromatic heterocycles. The largest absolute Gasteiger partial charge is 0.345 e. The molecular formula is C17H20N2O2S. The highest BCUT2D eigenvalue weighted by molar-refractivity contribution is 8.13. The van der Waals surface area contributed by atoms with Gasteiger partial charge in [0.15, 0.2) is 0 Å². The van der Waals surface area contributed by atoms with Crippen molar-refractivity contribution in [3.05, 3.63) is 48.0 Å². The molecule has 2 aromatic rings. The zero-order valence-electron chi connectivity index (χ0n) is 12.5. The molecule has 0 saturated carbocycles. The van der Waals surface area contributed by atoms with Crippen LogP contribution in [0.25, 0.3) is 10.8 Å². The summed E-state index contributed by atoms with van der Waals surface area (Å²) in [6.07, 6.45) is 0.264. The average molecular weight is 316 g/mol. The Bertz CT molecular complexity index is 667. The molecule has 0 radical (unpaired) electrons. The summed E-state index contributed by atoms with van der Waals surface area (Å²) in [4.78, 5) is 23.9. The van der Waals surface area contributed by atoms with Crippen molar-refractivity contribution < 1.29 is 9.59 Å². The molecule has 5 heteroatoms. The number of benzene rings is 2. The van der Waals surface area contributed by atoms with Crippen LogP contribution in [0.2, 0.25) is 0 Å². The molecular weight excluding hydrogens is 296 g/mol. The molecule has 0 heterocycles. The molecule has 0 saturated heterocycles. The van der Waals surface area contributed by atoms with Gasteiger partial charge in [-0.1, -0.05) is 54.2 Å². The molecule has 2 aromatic carbocycles. The number of rotatable bonds is 6. The maximum Gasteiger partial charge on any atom is 0.225 e. The Morgan fingerprint density at radius 3 is 2.68 bits per heavy atom. The summed E-state index contributed by atoms with van der Waals surface area (Å²) in [5.74, 6) is 0.424.